The molecule has 3 aromatic rings. The van der Waals surface area contributed by atoms with E-state index in [0.29, 0.717) is 16.1 Å². The molecule has 0 saturated carbocycles. The fraction of sp³-hybridized carbons (Fsp3) is 0.0769. The van der Waals surface area contributed by atoms with Gasteiger partial charge in [0.05, 0.1) is 10.6 Å². The Morgan fingerprint density at radius 3 is 2.22 bits per heavy atom. The van der Waals surface area contributed by atoms with Gasteiger partial charge < -0.3 is 5.32 Å². The molecule has 0 aromatic heterocycles. The molecule has 0 spiro atoms. The average molecular weight is 498 g/mol. The number of Topliss-reactive ketones (excluding diaryl/α,β-unsaturated/α-hetero) is 2. The molecule has 1 atom stereocenters. The van der Waals surface area contributed by atoms with Gasteiger partial charge in [-0.1, -0.05) is 42.5 Å². The van der Waals surface area contributed by atoms with E-state index in [-0.39, 0.29) is 28.4 Å². The molecule has 0 aliphatic carbocycles. The highest BCUT2D eigenvalue weighted by molar-refractivity contribution is 6.51. The van der Waals surface area contributed by atoms with Crippen LogP contribution in [-0.2, 0) is 14.4 Å². The van der Waals surface area contributed by atoms with Crippen LogP contribution in [0.4, 0.5) is 11.4 Å². The predicted molar refractivity (Wildman–Crippen MR) is 131 cm³/mol. The molecule has 11 nitrogen and oxygen atoms in total. The maximum atomic E-state index is 13.3. The van der Waals surface area contributed by atoms with Crippen molar-refractivity contribution in [1.82, 2.24) is 5.01 Å². The number of non-ortho nitro benzene ring substituents is 1. The third-order valence-corrected chi connectivity index (χ3v) is 5.54. The smallest absolute Gasteiger partial charge is 0.293 e. The van der Waals surface area contributed by atoms with Crippen molar-refractivity contribution in [3.8, 4) is 0 Å². The Kier molecular flexibility index (Phi) is 6.78. The molecule has 1 aliphatic rings. The normalized spacial score (nSPS) is 14.6. The number of nitrogens with one attached hydrogen (secondary N) is 1. The third kappa shape index (κ3) is 5.05. The fourth-order valence-electron chi connectivity index (χ4n) is 3.66. The minimum absolute atomic E-state index is 0.0753. The molecule has 3 amide bonds. The zero-order valence-corrected chi connectivity index (χ0v) is 19.3. The molecule has 11 heteroatoms. The number of nitrogens with zero attached hydrogens (tertiary/aromatic N) is 3. The molecule has 37 heavy (non-hydrogen) atoms. The summed E-state index contributed by atoms with van der Waals surface area (Å²) in [5.74, 6) is -6.20. The van der Waals surface area contributed by atoms with Gasteiger partial charge in [-0.25, -0.2) is 0 Å². The van der Waals surface area contributed by atoms with Crippen molar-refractivity contribution < 1.29 is 28.9 Å². The monoisotopic (exact) mass is 498 g/mol. The quantitative estimate of drug-likeness (QED) is 0.131. The lowest BCUT2D eigenvalue weighted by atomic mass is 9.92. The molecule has 0 unspecified atom stereocenters. The van der Waals surface area contributed by atoms with E-state index in [9.17, 15) is 34.1 Å². The number of anilines is 1. The molecular weight excluding hydrogens is 480 g/mol. The molecule has 0 bridgehead atoms. The second-order valence-corrected chi connectivity index (χ2v) is 8.00. The standard InChI is InChI=1S/C26H18N4O7/c1-15(31)18-8-5-9-19(14-18)27-24(33)23(32)21-22(16-6-3-2-4-7-16)28-29(26(21)35)25(34)17-10-12-20(13-11-17)30(36)37/h2-14,21H,1H3,(H,27,33)/t21-/m0/s1. The van der Waals surface area contributed by atoms with Gasteiger partial charge in [0.2, 0.25) is 5.78 Å². The number of benzene rings is 3. The van der Waals surface area contributed by atoms with Gasteiger partial charge in [-0.2, -0.15) is 10.1 Å². The number of hydrogen-bond acceptors (Lipinski definition) is 8. The van der Waals surface area contributed by atoms with Crippen LogP contribution in [0.3, 0.4) is 0 Å². The number of hydrazone groups is 1. The summed E-state index contributed by atoms with van der Waals surface area (Å²) in [5, 5.41) is 17.8. The molecule has 1 N–H and O–H groups in total. The maximum absolute atomic E-state index is 13.3. The number of carbonyl (C=O) groups is 5. The van der Waals surface area contributed by atoms with Crippen LogP contribution in [0.15, 0.2) is 84.0 Å². The number of hydrogen-bond donors (Lipinski definition) is 1. The Morgan fingerprint density at radius 2 is 1.59 bits per heavy atom. The Bertz CT molecular complexity index is 1480. The molecule has 3 aromatic carbocycles. The number of carbonyl (C=O) groups excluding carboxylic acids is 5. The highest BCUT2D eigenvalue weighted by Crippen LogP contribution is 2.25. The van der Waals surface area contributed by atoms with Gasteiger partial charge in [0.1, 0.15) is 0 Å². The van der Waals surface area contributed by atoms with Crippen LogP contribution in [0, 0.1) is 16.0 Å². The molecule has 1 aliphatic heterocycles. The van der Waals surface area contributed by atoms with E-state index in [1.54, 1.807) is 36.4 Å². The summed E-state index contributed by atoms with van der Waals surface area (Å²) in [6.07, 6.45) is 0. The van der Waals surface area contributed by atoms with Gasteiger partial charge in [0.15, 0.2) is 11.7 Å². The van der Waals surface area contributed by atoms with Crippen molar-refractivity contribution in [3.05, 3.63) is 106 Å². The Morgan fingerprint density at radius 1 is 0.919 bits per heavy atom. The molecule has 4 rings (SSSR count). The van der Waals surface area contributed by atoms with Crippen LogP contribution >= 0.6 is 0 Å². The first-order valence-corrected chi connectivity index (χ1v) is 10.9. The van der Waals surface area contributed by atoms with E-state index in [0.717, 1.165) is 24.3 Å². The SMILES string of the molecule is CC(=O)c1cccc(NC(=O)C(=O)[C@H]2C(=O)N(C(=O)c3ccc([N+](=O)[O-])cc3)N=C2c2ccccc2)c1. The summed E-state index contributed by atoms with van der Waals surface area (Å²) in [5.41, 5.74) is 0.408. The molecule has 0 saturated heterocycles. The van der Waals surface area contributed by atoms with Gasteiger partial charge in [-0.3, -0.25) is 34.1 Å². The summed E-state index contributed by atoms with van der Waals surface area (Å²) in [6.45, 7) is 1.35. The summed E-state index contributed by atoms with van der Waals surface area (Å²) in [7, 11) is 0. The van der Waals surface area contributed by atoms with Crippen LogP contribution in [-0.4, -0.2) is 44.9 Å². The Labute approximate surface area is 209 Å². The number of imide groups is 1. The van der Waals surface area contributed by atoms with Crippen molar-refractivity contribution in [2.75, 3.05) is 5.32 Å². The van der Waals surface area contributed by atoms with E-state index in [1.165, 1.54) is 25.1 Å². The van der Waals surface area contributed by atoms with Gasteiger partial charge in [0.25, 0.3) is 23.4 Å². The van der Waals surface area contributed by atoms with Gasteiger partial charge in [-0.05, 0) is 36.8 Å². The molecule has 0 fully saturated rings. The topological polar surface area (TPSA) is 156 Å². The molecule has 0 radical (unpaired) electrons. The zero-order chi connectivity index (χ0) is 26.7. The van der Waals surface area contributed by atoms with Crippen LogP contribution in [0.1, 0.15) is 33.2 Å². The summed E-state index contributed by atoms with van der Waals surface area (Å²) in [4.78, 5) is 74.2. The van der Waals surface area contributed by atoms with E-state index in [1.807, 2.05) is 0 Å². The molecule has 184 valence electrons. The number of ketones is 2. The highest BCUT2D eigenvalue weighted by Gasteiger charge is 2.46. The van der Waals surface area contributed by atoms with Crippen LogP contribution in [0.2, 0.25) is 0 Å². The fourth-order valence-corrected chi connectivity index (χ4v) is 3.66. The third-order valence-electron chi connectivity index (χ3n) is 5.54. The summed E-state index contributed by atoms with van der Waals surface area (Å²) >= 11 is 0. The minimum atomic E-state index is -1.71. The van der Waals surface area contributed by atoms with Gasteiger partial charge in [0, 0.05) is 28.9 Å². The number of nitro groups is 1. The van der Waals surface area contributed by atoms with Gasteiger partial charge >= 0.3 is 0 Å². The van der Waals surface area contributed by atoms with E-state index in [2.05, 4.69) is 10.4 Å². The van der Waals surface area contributed by atoms with Crippen LogP contribution in [0.5, 0.6) is 0 Å². The van der Waals surface area contributed by atoms with Gasteiger partial charge in [-0.15, -0.1) is 0 Å². The number of amides is 3. The van der Waals surface area contributed by atoms with E-state index in [4.69, 9.17) is 0 Å². The predicted octanol–water partition coefficient (Wildman–Crippen LogP) is 3.01. The van der Waals surface area contributed by atoms with Crippen molar-refractivity contribution in [2.45, 2.75) is 6.92 Å². The molecular formula is C26H18N4O7. The lowest BCUT2D eigenvalue weighted by Crippen LogP contribution is -2.41. The lowest BCUT2D eigenvalue weighted by Gasteiger charge is -2.13. The van der Waals surface area contributed by atoms with Crippen molar-refractivity contribution >= 4 is 46.4 Å². The van der Waals surface area contributed by atoms with Crippen molar-refractivity contribution in [1.29, 1.82) is 0 Å². The van der Waals surface area contributed by atoms with Crippen LogP contribution < -0.4 is 5.32 Å². The number of rotatable bonds is 7. The lowest BCUT2D eigenvalue weighted by molar-refractivity contribution is -0.384. The van der Waals surface area contributed by atoms with E-state index < -0.39 is 34.3 Å². The van der Waals surface area contributed by atoms with Crippen LogP contribution in [0.25, 0.3) is 0 Å². The zero-order valence-electron chi connectivity index (χ0n) is 19.3. The minimum Gasteiger partial charge on any atom is -0.319 e. The summed E-state index contributed by atoms with van der Waals surface area (Å²) in [6, 6.07) is 18.6. The Hall–Kier alpha value is -5.32. The first-order valence-electron chi connectivity index (χ1n) is 10.9. The summed E-state index contributed by atoms with van der Waals surface area (Å²) < 4.78 is 0. The largest absolute Gasteiger partial charge is 0.319 e. The first-order chi connectivity index (χ1) is 17.7. The first kappa shape index (κ1) is 24.8. The van der Waals surface area contributed by atoms with Crippen molar-refractivity contribution in [2.24, 2.45) is 11.0 Å². The Balaban J connectivity index is 1.65. The molecule has 1 heterocycles. The number of nitro benzene ring substituents is 1. The second-order valence-electron chi connectivity index (χ2n) is 8.00. The second kappa shape index (κ2) is 10.1. The average Bonchev–Trinajstić information content (AvgIpc) is 3.25. The maximum Gasteiger partial charge on any atom is 0.293 e. The van der Waals surface area contributed by atoms with Crippen molar-refractivity contribution in [3.63, 3.8) is 0 Å². The highest BCUT2D eigenvalue weighted by atomic mass is 16.6. The van der Waals surface area contributed by atoms with E-state index >= 15 is 0 Å².